The van der Waals surface area contributed by atoms with Crippen molar-refractivity contribution in [3.05, 3.63) is 35.2 Å². The molecule has 0 saturated heterocycles. The third-order valence-electron chi connectivity index (χ3n) is 4.03. The smallest absolute Gasteiger partial charge is 0.145 e. The van der Waals surface area contributed by atoms with Gasteiger partial charge in [-0.3, -0.25) is 0 Å². The summed E-state index contributed by atoms with van der Waals surface area (Å²) in [6, 6.07) is 5.83. The molecule has 5 nitrogen and oxygen atoms in total. The Kier molecular flexibility index (Phi) is 3.49. The highest BCUT2D eigenvalue weighted by molar-refractivity contribution is 5.65. The molecule has 1 unspecified atom stereocenters. The summed E-state index contributed by atoms with van der Waals surface area (Å²) < 4.78 is 11.3. The van der Waals surface area contributed by atoms with E-state index in [1.54, 1.807) is 0 Å². The van der Waals surface area contributed by atoms with Gasteiger partial charge in [0.15, 0.2) is 0 Å². The van der Waals surface area contributed by atoms with Crippen LogP contribution in [0.25, 0.3) is 0 Å². The molecule has 5 heteroatoms. The lowest BCUT2D eigenvalue weighted by molar-refractivity contribution is 0.188. The maximum Gasteiger partial charge on any atom is 0.145 e. The molecule has 0 aliphatic carbocycles. The number of anilines is 2. The van der Waals surface area contributed by atoms with Crippen molar-refractivity contribution >= 4 is 11.4 Å². The summed E-state index contributed by atoms with van der Waals surface area (Å²) in [5, 5.41) is 4.04. The minimum atomic E-state index is 0.180. The van der Waals surface area contributed by atoms with Crippen molar-refractivity contribution in [1.82, 2.24) is 5.16 Å². The van der Waals surface area contributed by atoms with Crippen LogP contribution in [-0.2, 0) is 6.54 Å². The van der Waals surface area contributed by atoms with Crippen molar-refractivity contribution < 1.29 is 9.26 Å². The van der Waals surface area contributed by atoms with E-state index in [1.165, 1.54) is 0 Å². The van der Waals surface area contributed by atoms with Crippen molar-refractivity contribution in [3.8, 4) is 5.75 Å². The summed E-state index contributed by atoms with van der Waals surface area (Å²) in [6.45, 7) is 7.70. The number of hydrogen-bond donors (Lipinski definition) is 1. The molecule has 1 aliphatic heterocycles. The van der Waals surface area contributed by atoms with E-state index in [4.69, 9.17) is 15.0 Å². The Morgan fingerprint density at radius 3 is 2.86 bits per heavy atom. The highest BCUT2D eigenvalue weighted by atomic mass is 16.5. The maximum absolute atomic E-state index is 6.01. The van der Waals surface area contributed by atoms with Gasteiger partial charge in [-0.25, -0.2) is 0 Å². The lowest BCUT2D eigenvalue weighted by atomic mass is 10.1. The van der Waals surface area contributed by atoms with Gasteiger partial charge in [0.05, 0.1) is 17.9 Å². The number of nitrogens with two attached hydrogens (primary N) is 1. The fourth-order valence-electron chi connectivity index (χ4n) is 2.73. The summed E-state index contributed by atoms with van der Waals surface area (Å²) in [6.07, 6.45) is 1.14. The van der Waals surface area contributed by atoms with E-state index in [0.717, 1.165) is 53.7 Å². The predicted molar refractivity (Wildman–Crippen MR) is 82.6 cm³/mol. The Bertz CT molecular complexity index is 631. The van der Waals surface area contributed by atoms with Crippen LogP contribution in [0.2, 0.25) is 0 Å². The van der Waals surface area contributed by atoms with E-state index < -0.39 is 0 Å². The van der Waals surface area contributed by atoms with Crippen molar-refractivity contribution in [3.63, 3.8) is 0 Å². The summed E-state index contributed by atoms with van der Waals surface area (Å²) >= 11 is 0. The number of fused-ring (bicyclic) bond motifs is 1. The second-order valence-corrected chi connectivity index (χ2v) is 5.56. The number of nitrogens with zero attached hydrogens (tertiary/aromatic N) is 2. The highest BCUT2D eigenvalue weighted by Crippen LogP contribution is 2.37. The molecule has 0 saturated carbocycles. The number of ether oxygens (including phenoxy) is 1. The Morgan fingerprint density at radius 1 is 1.38 bits per heavy atom. The zero-order valence-corrected chi connectivity index (χ0v) is 12.7. The van der Waals surface area contributed by atoms with E-state index in [9.17, 15) is 0 Å². The monoisotopic (exact) mass is 287 g/mol. The molecule has 0 amide bonds. The molecule has 1 aliphatic rings. The van der Waals surface area contributed by atoms with Gasteiger partial charge in [0.1, 0.15) is 17.6 Å². The van der Waals surface area contributed by atoms with Crippen LogP contribution in [0.15, 0.2) is 22.7 Å². The first-order valence-electron chi connectivity index (χ1n) is 7.31. The van der Waals surface area contributed by atoms with Crippen LogP contribution in [0, 0.1) is 13.8 Å². The molecule has 0 fully saturated rings. The van der Waals surface area contributed by atoms with Gasteiger partial charge in [0, 0.05) is 23.9 Å². The van der Waals surface area contributed by atoms with Crippen LogP contribution in [0.1, 0.15) is 30.4 Å². The number of aromatic nitrogens is 1. The predicted octanol–water partition coefficient (Wildman–Crippen LogP) is 3.05. The summed E-state index contributed by atoms with van der Waals surface area (Å²) in [7, 11) is 0. The van der Waals surface area contributed by atoms with Gasteiger partial charge in [-0.2, -0.15) is 0 Å². The van der Waals surface area contributed by atoms with Crippen LogP contribution in [-0.4, -0.2) is 17.8 Å². The molecule has 0 radical (unpaired) electrons. The normalized spacial score (nSPS) is 17.5. The van der Waals surface area contributed by atoms with E-state index in [2.05, 4.69) is 17.0 Å². The molecule has 2 N–H and O–H groups in total. The van der Waals surface area contributed by atoms with E-state index in [1.807, 2.05) is 32.0 Å². The average Bonchev–Trinajstić information content (AvgIpc) is 2.78. The second-order valence-electron chi connectivity index (χ2n) is 5.56. The second kappa shape index (κ2) is 5.31. The van der Waals surface area contributed by atoms with E-state index in [0.29, 0.717) is 0 Å². The standard InChI is InChI=1S/C16H21N3O2/c1-4-13-8-19(9-14-10(2)18-21-11(14)3)15-6-5-12(17)7-16(15)20-13/h5-7,13H,4,8-9,17H2,1-3H3. The molecular formula is C16H21N3O2. The maximum atomic E-state index is 6.01. The van der Waals surface area contributed by atoms with Crippen LogP contribution >= 0.6 is 0 Å². The molecule has 0 bridgehead atoms. The molecule has 0 spiro atoms. The fourth-order valence-corrected chi connectivity index (χ4v) is 2.73. The number of hydrogen-bond acceptors (Lipinski definition) is 5. The number of rotatable bonds is 3. The van der Waals surface area contributed by atoms with Gasteiger partial charge in [0.2, 0.25) is 0 Å². The molecule has 2 aromatic rings. The third kappa shape index (κ3) is 2.55. The zero-order chi connectivity index (χ0) is 15.0. The minimum absolute atomic E-state index is 0.180. The summed E-state index contributed by atoms with van der Waals surface area (Å²) in [5.41, 5.74) is 9.77. The molecule has 1 aromatic carbocycles. The van der Waals surface area contributed by atoms with Gasteiger partial charge in [0.25, 0.3) is 0 Å². The van der Waals surface area contributed by atoms with Gasteiger partial charge >= 0.3 is 0 Å². The summed E-state index contributed by atoms with van der Waals surface area (Å²) in [4.78, 5) is 2.32. The van der Waals surface area contributed by atoms with Crippen molar-refractivity contribution in [2.24, 2.45) is 0 Å². The molecule has 1 aromatic heterocycles. The lowest BCUT2D eigenvalue weighted by Gasteiger charge is -2.36. The average molecular weight is 287 g/mol. The van der Waals surface area contributed by atoms with Crippen LogP contribution in [0.4, 0.5) is 11.4 Å². The van der Waals surface area contributed by atoms with E-state index >= 15 is 0 Å². The van der Waals surface area contributed by atoms with Crippen molar-refractivity contribution in [2.75, 3.05) is 17.2 Å². The largest absolute Gasteiger partial charge is 0.486 e. The Hall–Kier alpha value is -2.17. The molecule has 3 rings (SSSR count). The topological polar surface area (TPSA) is 64.5 Å². The Morgan fingerprint density at radius 2 is 2.19 bits per heavy atom. The number of aryl methyl sites for hydroxylation is 2. The van der Waals surface area contributed by atoms with Gasteiger partial charge < -0.3 is 19.9 Å². The van der Waals surface area contributed by atoms with E-state index in [-0.39, 0.29) is 6.10 Å². The number of nitrogen functional groups attached to an aromatic ring is 1. The summed E-state index contributed by atoms with van der Waals surface area (Å²) in [5.74, 6) is 1.74. The first-order chi connectivity index (χ1) is 10.1. The van der Waals surface area contributed by atoms with Gasteiger partial charge in [-0.05, 0) is 32.4 Å². The van der Waals surface area contributed by atoms with Crippen molar-refractivity contribution in [1.29, 1.82) is 0 Å². The molecule has 2 heterocycles. The van der Waals surface area contributed by atoms with Gasteiger partial charge in [-0.15, -0.1) is 0 Å². The minimum Gasteiger partial charge on any atom is -0.486 e. The van der Waals surface area contributed by atoms with Crippen LogP contribution < -0.4 is 15.4 Å². The van der Waals surface area contributed by atoms with Crippen LogP contribution in [0.5, 0.6) is 5.75 Å². The van der Waals surface area contributed by atoms with Crippen LogP contribution in [0.3, 0.4) is 0 Å². The fraction of sp³-hybridized carbons (Fsp3) is 0.438. The number of benzene rings is 1. The molecule has 1 atom stereocenters. The Balaban J connectivity index is 1.95. The first-order valence-corrected chi connectivity index (χ1v) is 7.31. The third-order valence-corrected chi connectivity index (χ3v) is 4.03. The Labute approximate surface area is 124 Å². The quantitative estimate of drug-likeness (QED) is 0.879. The first kappa shape index (κ1) is 13.8. The SMILES string of the molecule is CCC1CN(Cc2c(C)noc2C)c2ccc(N)cc2O1. The lowest BCUT2D eigenvalue weighted by Crippen LogP contribution is -2.39. The van der Waals surface area contributed by atoms with Gasteiger partial charge in [-0.1, -0.05) is 12.1 Å². The molecular weight excluding hydrogens is 266 g/mol. The molecule has 112 valence electrons. The zero-order valence-electron chi connectivity index (χ0n) is 12.7. The van der Waals surface area contributed by atoms with Crippen molar-refractivity contribution in [2.45, 2.75) is 39.8 Å². The highest BCUT2D eigenvalue weighted by Gasteiger charge is 2.26. The molecule has 21 heavy (non-hydrogen) atoms.